The van der Waals surface area contributed by atoms with E-state index in [1.807, 2.05) is 0 Å². The zero-order chi connectivity index (χ0) is 22.0. The minimum absolute atomic E-state index is 0.0175. The van der Waals surface area contributed by atoms with Crippen LogP contribution in [0, 0.1) is 0 Å². The van der Waals surface area contributed by atoms with Crippen LogP contribution < -0.4 is 10.0 Å². The van der Waals surface area contributed by atoms with Crippen LogP contribution >= 0.6 is 15.9 Å². The van der Waals surface area contributed by atoms with Crippen molar-refractivity contribution in [2.24, 2.45) is 0 Å². The maximum atomic E-state index is 12.9. The van der Waals surface area contributed by atoms with Crippen LogP contribution in [0.2, 0.25) is 0 Å². The number of benzene rings is 3. The van der Waals surface area contributed by atoms with Crippen LogP contribution in [0.3, 0.4) is 0 Å². The van der Waals surface area contributed by atoms with E-state index in [4.69, 9.17) is 5.11 Å². The van der Waals surface area contributed by atoms with Gasteiger partial charge in [-0.25, -0.2) is 23.2 Å². The molecule has 1 aromatic heterocycles. The van der Waals surface area contributed by atoms with Gasteiger partial charge in [0.1, 0.15) is 0 Å². The van der Waals surface area contributed by atoms with Crippen LogP contribution in [0.5, 0.6) is 0 Å². The summed E-state index contributed by atoms with van der Waals surface area (Å²) >= 11 is 3.28. The number of halogens is 1. The molecule has 0 aliphatic rings. The first-order chi connectivity index (χ1) is 14.8. The molecule has 0 radical (unpaired) electrons. The van der Waals surface area contributed by atoms with E-state index < -0.39 is 16.0 Å². The van der Waals surface area contributed by atoms with Gasteiger partial charge in [-0.1, -0.05) is 28.1 Å². The number of sulfonamides is 1. The molecule has 0 bridgehead atoms. The Morgan fingerprint density at radius 2 is 1.42 bits per heavy atom. The Morgan fingerprint density at radius 3 is 2.00 bits per heavy atom. The third-order valence-electron chi connectivity index (χ3n) is 4.32. The molecule has 0 spiro atoms. The van der Waals surface area contributed by atoms with Gasteiger partial charge < -0.3 is 10.4 Å². The van der Waals surface area contributed by atoms with Crippen LogP contribution in [-0.4, -0.2) is 29.5 Å². The summed E-state index contributed by atoms with van der Waals surface area (Å²) in [6, 6.07) is 19.3. The molecule has 0 aliphatic heterocycles. The Balaban J connectivity index is 1.74. The number of hydrogen-bond donors (Lipinski definition) is 3. The molecule has 0 amide bonds. The van der Waals surface area contributed by atoms with Gasteiger partial charge >= 0.3 is 5.97 Å². The summed E-state index contributed by atoms with van der Waals surface area (Å²) in [6.07, 6.45) is 0. The van der Waals surface area contributed by atoms with Crippen molar-refractivity contribution in [2.45, 2.75) is 4.90 Å². The van der Waals surface area contributed by atoms with Crippen LogP contribution in [0.4, 0.5) is 17.3 Å². The minimum atomic E-state index is -3.92. The number of carbonyl (C=O) groups is 1. The third-order valence-corrected chi connectivity index (χ3v) is 6.20. The zero-order valence-electron chi connectivity index (χ0n) is 15.8. The van der Waals surface area contributed by atoms with E-state index in [1.54, 1.807) is 48.5 Å². The average Bonchev–Trinajstić information content (AvgIpc) is 2.74. The number of aromatic carboxylic acids is 1. The number of carboxylic acid groups (broad SMARTS) is 1. The monoisotopic (exact) mass is 498 g/mol. The highest BCUT2D eigenvalue weighted by Gasteiger charge is 2.19. The lowest BCUT2D eigenvalue weighted by Crippen LogP contribution is -2.16. The van der Waals surface area contributed by atoms with E-state index >= 15 is 0 Å². The number of anilines is 3. The fourth-order valence-electron chi connectivity index (χ4n) is 2.79. The standard InChI is InChI=1S/C21H15BrN4O4S/c22-14-7-11-16(12-8-14)31(29,30)26-20-19(24-17-3-1-2-4-18(17)25-20)23-15-9-5-13(6-10-15)21(27)28/h1-12H,(H,23,24)(H,25,26)(H,27,28). The van der Waals surface area contributed by atoms with E-state index in [0.717, 1.165) is 4.47 Å². The predicted octanol–water partition coefficient (Wildman–Crippen LogP) is 4.63. The zero-order valence-corrected chi connectivity index (χ0v) is 18.2. The van der Waals surface area contributed by atoms with Gasteiger partial charge in [-0.15, -0.1) is 0 Å². The molecular weight excluding hydrogens is 484 g/mol. The topological polar surface area (TPSA) is 121 Å². The van der Waals surface area contributed by atoms with Gasteiger partial charge in [0, 0.05) is 10.2 Å². The van der Waals surface area contributed by atoms with Gasteiger partial charge in [0.05, 0.1) is 21.5 Å². The van der Waals surface area contributed by atoms with Crippen LogP contribution in [0.15, 0.2) is 82.2 Å². The van der Waals surface area contributed by atoms with Gasteiger partial charge in [-0.2, -0.15) is 0 Å². The SMILES string of the molecule is O=C(O)c1ccc(Nc2nc3ccccc3nc2NS(=O)(=O)c2ccc(Br)cc2)cc1. The fraction of sp³-hybridized carbons (Fsp3) is 0. The second kappa shape index (κ2) is 8.32. The molecule has 0 saturated heterocycles. The lowest BCUT2D eigenvalue weighted by Gasteiger charge is -2.14. The predicted molar refractivity (Wildman–Crippen MR) is 121 cm³/mol. The average molecular weight is 499 g/mol. The number of hydrogen-bond acceptors (Lipinski definition) is 6. The first-order valence-electron chi connectivity index (χ1n) is 8.97. The largest absolute Gasteiger partial charge is 0.478 e. The number of aromatic nitrogens is 2. The molecule has 31 heavy (non-hydrogen) atoms. The van der Waals surface area contributed by atoms with Gasteiger partial charge in [0.25, 0.3) is 10.0 Å². The van der Waals surface area contributed by atoms with E-state index in [0.29, 0.717) is 16.7 Å². The molecule has 1 heterocycles. The van der Waals surface area contributed by atoms with Crippen molar-refractivity contribution in [3.05, 3.63) is 82.8 Å². The maximum Gasteiger partial charge on any atom is 0.335 e. The molecule has 156 valence electrons. The number of nitrogens with one attached hydrogen (secondary N) is 2. The molecule has 0 saturated carbocycles. The van der Waals surface area contributed by atoms with Gasteiger partial charge in [0.15, 0.2) is 11.6 Å². The molecule has 3 aromatic carbocycles. The number of nitrogens with zero attached hydrogens (tertiary/aromatic N) is 2. The highest BCUT2D eigenvalue weighted by Crippen LogP contribution is 2.27. The summed E-state index contributed by atoms with van der Waals surface area (Å²) in [4.78, 5) is 20.1. The number of fused-ring (bicyclic) bond motifs is 1. The summed E-state index contributed by atoms with van der Waals surface area (Å²) in [6.45, 7) is 0. The highest BCUT2D eigenvalue weighted by atomic mass is 79.9. The molecule has 4 rings (SSSR count). The Labute approximate surface area is 186 Å². The lowest BCUT2D eigenvalue weighted by atomic mass is 10.2. The lowest BCUT2D eigenvalue weighted by molar-refractivity contribution is 0.0697. The molecule has 0 atom stereocenters. The molecular formula is C21H15BrN4O4S. The fourth-order valence-corrected chi connectivity index (χ4v) is 4.06. The molecule has 0 unspecified atom stereocenters. The second-order valence-electron chi connectivity index (χ2n) is 6.48. The Morgan fingerprint density at radius 1 is 0.839 bits per heavy atom. The molecule has 3 N–H and O–H groups in total. The summed E-state index contributed by atoms with van der Waals surface area (Å²) in [5, 5.41) is 12.1. The quantitative estimate of drug-likeness (QED) is 0.354. The molecule has 8 nitrogen and oxygen atoms in total. The second-order valence-corrected chi connectivity index (χ2v) is 9.07. The van der Waals surface area contributed by atoms with Gasteiger partial charge in [-0.05, 0) is 60.7 Å². The van der Waals surface area contributed by atoms with E-state index in [2.05, 4.69) is 35.9 Å². The summed E-state index contributed by atoms with van der Waals surface area (Å²) in [5.41, 5.74) is 1.74. The molecule has 0 fully saturated rings. The first kappa shape index (κ1) is 20.8. The van der Waals surface area contributed by atoms with Crippen molar-refractivity contribution < 1.29 is 18.3 Å². The summed E-state index contributed by atoms with van der Waals surface area (Å²) in [7, 11) is -3.92. The Kier molecular flexibility index (Phi) is 5.57. The minimum Gasteiger partial charge on any atom is -0.478 e. The number of para-hydroxylation sites is 2. The van der Waals surface area contributed by atoms with Crippen molar-refractivity contribution in [3.63, 3.8) is 0 Å². The molecule has 0 aliphatic carbocycles. The van der Waals surface area contributed by atoms with Gasteiger partial charge in [0.2, 0.25) is 0 Å². The van der Waals surface area contributed by atoms with E-state index in [1.165, 1.54) is 24.3 Å². The molecule has 4 aromatic rings. The van der Waals surface area contributed by atoms with Gasteiger partial charge in [-0.3, -0.25) is 4.72 Å². The maximum absolute atomic E-state index is 12.9. The van der Waals surface area contributed by atoms with Crippen LogP contribution in [0.1, 0.15) is 10.4 Å². The van der Waals surface area contributed by atoms with Crippen LogP contribution in [0.25, 0.3) is 11.0 Å². The van der Waals surface area contributed by atoms with Crippen molar-refractivity contribution in [2.75, 3.05) is 10.0 Å². The highest BCUT2D eigenvalue weighted by molar-refractivity contribution is 9.10. The van der Waals surface area contributed by atoms with Crippen molar-refractivity contribution in [3.8, 4) is 0 Å². The smallest absolute Gasteiger partial charge is 0.335 e. The summed E-state index contributed by atoms with van der Waals surface area (Å²) in [5.74, 6) is -0.841. The van der Waals surface area contributed by atoms with Crippen molar-refractivity contribution >= 4 is 60.3 Å². The summed E-state index contributed by atoms with van der Waals surface area (Å²) < 4.78 is 29.0. The van der Waals surface area contributed by atoms with E-state index in [9.17, 15) is 13.2 Å². The van der Waals surface area contributed by atoms with Crippen molar-refractivity contribution in [1.29, 1.82) is 0 Å². The van der Waals surface area contributed by atoms with E-state index in [-0.39, 0.29) is 22.1 Å². The van der Waals surface area contributed by atoms with Crippen LogP contribution in [-0.2, 0) is 10.0 Å². The normalized spacial score (nSPS) is 11.3. The first-order valence-corrected chi connectivity index (χ1v) is 11.2. The Bertz CT molecular complexity index is 1380. The molecule has 10 heteroatoms. The third kappa shape index (κ3) is 4.65. The number of rotatable bonds is 6. The Hall–Kier alpha value is -3.50. The number of carboxylic acids is 1. The van der Waals surface area contributed by atoms with Crippen molar-refractivity contribution in [1.82, 2.24) is 9.97 Å².